The van der Waals surface area contributed by atoms with Crippen molar-refractivity contribution in [3.05, 3.63) is 126 Å². The number of aliphatic hydroxyl groups excluding tert-OH is 1. The van der Waals surface area contributed by atoms with E-state index in [0.717, 1.165) is 10.5 Å². The summed E-state index contributed by atoms with van der Waals surface area (Å²) in [5.41, 5.74) is 2.07. The molecule has 5 aromatic carbocycles. The number of fused-ring (bicyclic) bond motifs is 1. The van der Waals surface area contributed by atoms with Crippen molar-refractivity contribution in [2.24, 2.45) is 0 Å². The second-order valence-electron chi connectivity index (χ2n) is 19.3. The highest BCUT2D eigenvalue weighted by Crippen LogP contribution is 2.44. The number of sulfonamides is 1. The van der Waals surface area contributed by atoms with Crippen molar-refractivity contribution in [3.63, 3.8) is 0 Å². The summed E-state index contributed by atoms with van der Waals surface area (Å²) in [6.07, 6.45) is -1.28. The van der Waals surface area contributed by atoms with Gasteiger partial charge in [-0.3, -0.25) is 4.90 Å². The van der Waals surface area contributed by atoms with Crippen molar-refractivity contribution in [1.29, 1.82) is 0 Å². The number of aromatic nitrogens is 6. The molecule has 0 fully saturated rings. The van der Waals surface area contributed by atoms with Crippen LogP contribution in [0.25, 0.3) is 33.5 Å². The monoisotopic (exact) mass is 1020 g/mol. The number of nitrogens with one attached hydrogen (secondary N) is 1. The smallest absolute Gasteiger partial charge is 0.408 e. The first-order chi connectivity index (χ1) is 33.6. The van der Waals surface area contributed by atoms with Gasteiger partial charge in [0.05, 0.1) is 61.7 Å². The Balaban J connectivity index is 1.55. The van der Waals surface area contributed by atoms with Crippen LogP contribution in [0.1, 0.15) is 49.3 Å². The lowest BCUT2D eigenvalue weighted by atomic mass is 9.98. The second kappa shape index (κ2) is 21.0. The summed E-state index contributed by atoms with van der Waals surface area (Å²) in [5, 5.41) is 34.7. The summed E-state index contributed by atoms with van der Waals surface area (Å²) in [6, 6.07) is 28.2. The zero-order chi connectivity index (χ0) is 51.5. The van der Waals surface area contributed by atoms with Crippen LogP contribution in [0.3, 0.4) is 0 Å². The number of aromatic amines is 1. The molecule has 0 saturated heterocycles. The van der Waals surface area contributed by atoms with Crippen LogP contribution in [0.15, 0.2) is 113 Å². The van der Waals surface area contributed by atoms with Crippen molar-refractivity contribution < 1.29 is 46.1 Å². The van der Waals surface area contributed by atoms with E-state index in [4.69, 9.17) is 24.3 Å². The van der Waals surface area contributed by atoms with Gasteiger partial charge in [-0.2, -0.15) is 9.10 Å². The molecule has 3 N–H and O–H groups in total. The molecule has 0 aliphatic rings. The summed E-state index contributed by atoms with van der Waals surface area (Å²) in [7, 11) is -6.71. The molecule has 1 amide bonds. The van der Waals surface area contributed by atoms with Crippen molar-refractivity contribution in [3.8, 4) is 39.8 Å². The number of methoxy groups -OCH3 is 3. The van der Waals surface area contributed by atoms with Crippen LogP contribution in [0.5, 0.6) is 17.2 Å². The van der Waals surface area contributed by atoms with Gasteiger partial charge in [-0.15, -0.1) is 10.2 Å². The third-order valence-electron chi connectivity index (χ3n) is 11.9. The maximum absolute atomic E-state index is 16.2. The maximum atomic E-state index is 16.2. The Kier molecular flexibility index (Phi) is 15.4. The molecule has 0 saturated carbocycles. The van der Waals surface area contributed by atoms with Gasteiger partial charge in [0, 0.05) is 32.3 Å². The molecular weight excluding hydrogens is 965 g/mol. The Morgan fingerprint density at radius 1 is 0.775 bits per heavy atom. The number of H-pyrrole nitrogens is 1. The van der Waals surface area contributed by atoms with Crippen LogP contribution < -0.4 is 14.2 Å². The third kappa shape index (κ3) is 11.8. The number of nitrogens with zero attached hydrogens (tertiary/aromatic N) is 7. The van der Waals surface area contributed by atoms with Crippen LogP contribution in [-0.2, 0) is 39.5 Å². The molecule has 18 nitrogen and oxygen atoms in total. The van der Waals surface area contributed by atoms with Crippen molar-refractivity contribution in [1.82, 2.24) is 39.4 Å². The van der Waals surface area contributed by atoms with E-state index in [-0.39, 0.29) is 53.7 Å². The van der Waals surface area contributed by atoms with Crippen molar-refractivity contribution >= 4 is 45.1 Å². The molecule has 0 spiro atoms. The van der Waals surface area contributed by atoms with Gasteiger partial charge in [-0.1, -0.05) is 74.2 Å². The Morgan fingerprint density at radius 3 is 1.82 bits per heavy atom. The summed E-state index contributed by atoms with van der Waals surface area (Å²) in [6.45, 7) is 10.3. The minimum atomic E-state index is -4.93. The lowest BCUT2D eigenvalue weighted by Gasteiger charge is -2.37. The van der Waals surface area contributed by atoms with Gasteiger partial charge in [0.1, 0.15) is 34.0 Å². The average Bonchev–Trinajstić information content (AvgIpc) is 3.99. The van der Waals surface area contributed by atoms with Crippen LogP contribution in [0.2, 0.25) is 25.7 Å². The minimum absolute atomic E-state index is 0.110. The van der Waals surface area contributed by atoms with Crippen LogP contribution >= 0.6 is 0 Å². The maximum Gasteiger partial charge on any atom is 0.408 e. The number of sulfone groups is 1. The average molecular weight is 1030 g/mol. The summed E-state index contributed by atoms with van der Waals surface area (Å²) in [5.74, 6) is 1.37. The fraction of sp³-hybridized carbons (Fsp3) is 0.340. The molecule has 0 bridgehead atoms. The minimum Gasteiger partial charge on any atom is -0.497 e. The number of hydrogen-bond acceptors (Lipinski definition) is 13. The van der Waals surface area contributed by atoms with Gasteiger partial charge < -0.3 is 29.4 Å². The number of imidazole rings is 1. The van der Waals surface area contributed by atoms with Gasteiger partial charge in [0.15, 0.2) is 9.84 Å². The number of ether oxygens (including phenoxy) is 3. The van der Waals surface area contributed by atoms with Gasteiger partial charge in [-0.05, 0) is 103 Å². The normalized spacial score (nSPS) is 12.8. The molecule has 2 aromatic heterocycles. The first-order valence-corrected chi connectivity index (χ1v) is 29.6. The fourth-order valence-corrected chi connectivity index (χ4v) is 15.0. The molecule has 7 aromatic rings. The zero-order valence-electron chi connectivity index (χ0n) is 41.2. The number of carboxylic acid groups (broad SMARTS) is 1. The standard InChI is InChI=1S/C50H60N8O10S2Si/c1-50(2,3)58(49(60)61)42(32-59)47-51-41-12-10-11-40(45(41)52-47)39-25-26-43(69(62,63)27-28-71(7,8)9)46(44(39)48-53-55-57(54-48)31-35-17-23-38(68-6)24-18-35)70(64,65)56(29-33-13-19-36(66-4)20-14-33)30-34-15-21-37(67-5)22-16-34/h10-26,42,59H,27-32H2,1-9H3,(H,51,52)(H,60,61). The zero-order valence-corrected chi connectivity index (χ0v) is 43.9. The van der Waals surface area contributed by atoms with E-state index >= 15 is 16.8 Å². The number of tetrazole rings is 1. The number of rotatable bonds is 20. The molecule has 1 unspecified atom stereocenters. The van der Waals surface area contributed by atoms with Crippen molar-refractivity contribution in [2.45, 2.75) is 87.5 Å². The lowest BCUT2D eigenvalue weighted by molar-refractivity contribution is 0.0429. The van der Waals surface area contributed by atoms with E-state index in [0.29, 0.717) is 45.5 Å². The topological polar surface area (TPSA) is 232 Å². The number of para-hydroxylation sites is 1. The fourth-order valence-electron chi connectivity index (χ4n) is 8.19. The van der Waals surface area contributed by atoms with E-state index in [9.17, 15) is 15.0 Å². The molecule has 0 aliphatic heterocycles. The van der Waals surface area contributed by atoms with E-state index in [1.807, 2.05) is 31.8 Å². The largest absolute Gasteiger partial charge is 0.497 e. The summed E-state index contributed by atoms with van der Waals surface area (Å²) >= 11 is 0. The van der Waals surface area contributed by atoms with Crippen molar-refractivity contribution in [2.75, 3.05) is 33.7 Å². The highest BCUT2D eigenvalue weighted by molar-refractivity contribution is 7.93. The summed E-state index contributed by atoms with van der Waals surface area (Å²) < 4.78 is 79.9. The number of amides is 1. The van der Waals surface area contributed by atoms with Gasteiger partial charge in [-0.25, -0.2) is 26.6 Å². The van der Waals surface area contributed by atoms with Gasteiger partial charge >= 0.3 is 6.09 Å². The molecule has 0 radical (unpaired) electrons. The number of carbonyl (C=O) groups is 1. The van der Waals surface area contributed by atoms with Gasteiger partial charge in [0.25, 0.3) is 0 Å². The van der Waals surface area contributed by atoms with Crippen LogP contribution in [-0.4, -0.2) is 120 Å². The van der Waals surface area contributed by atoms with E-state index in [1.165, 1.54) is 35.5 Å². The van der Waals surface area contributed by atoms with E-state index in [1.54, 1.807) is 107 Å². The van der Waals surface area contributed by atoms with Gasteiger partial charge in [0.2, 0.25) is 15.8 Å². The molecule has 21 heteroatoms. The van der Waals surface area contributed by atoms with E-state index in [2.05, 4.69) is 15.3 Å². The Labute approximate surface area is 415 Å². The predicted octanol–water partition coefficient (Wildman–Crippen LogP) is 8.27. The molecule has 7 rings (SSSR count). The Bertz CT molecular complexity index is 3180. The first-order valence-electron chi connectivity index (χ1n) is 22.8. The number of benzene rings is 5. The highest BCUT2D eigenvalue weighted by atomic mass is 32.2. The number of hydrogen-bond donors (Lipinski definition) is 3. The molecule has 2 heterocycles. The molecule has 1 atom stereocenters. The SMILES string of the molecule is COc1ccc(CN(Cc2ccc(OC)cc2)S(=O)(=O)c2c(S(=O)(=O)CC[Si](C)(C)C)ccc(-c3cccc4[nH]c(C(CO)N(C(=O)O)C(C)(C)C)nc34)c2-c2nnn(Cc3ccc(OC)cc3)n2)cc1. The van der Waals surface area contributed by atoms with E-state index < -0.39 is 62.0 Å². The van der Waals surface area contributed by atoms with Crippen LogP contribution in [0.4, 0.5) is 4.79 Å². The molecule has 0 aliphatic carbocycles. The number of aliphatic hydroxyl groups is 1. The first kappa shape index (κ1) is 52.2. The molecular formula is C50H60N8O10S2Si. The Morgan fingerprint density at radius 2 is 1.32 bits per heavy atom. The predicted molar refractivity (Wildman–Crippen MR) is 273 cm³/mol. The second-order valence-corrected chi connectivity index (χ2v) is 28.8. The Hall–Kier alpha value is -6.65. The van der Waals surface area contributed by atoms with Crippen LogP contribution in [0, 0.1) is 0 Å². The molecule has 71 heavy (non-hydrogen) atoms. The quantitative estimate of drug-likeness (QED) is 0.0610. The third-order valence-corrected chi connectivity index (χ3v) is 17.8. The molecule has 376 valence electrons. The highest BCUT2D eigenvalue weighted by Gasteiger charge is 2.40. The lowest BCUT2D eigenvalue weighted by Crippen LogP contribution is -2.48. The summed E-state index contributed by atoms with van der Waals surface area (Å²) in [4.78, 5) is 22.2.